The minimum absolute atomic E-state index is 0.764. The molecule has 0 aromatic rings. The van der Waals surface area contributed by atoms with E-state index in [1.807, 2.05) is 0 Å². The Morgan fingerprint density at radius 1 is 1.62 bits per heavy atom. The van der Waals surface area contributed by atoms with Crippen molar-refractivity contribution in [3.05, 3.63) is 0 Å². The van der Waals surface area contributed by atoms with E-state index < -0.39 is 0 Å². The molecule has 0 amide bonds. The van der Waals surface area contributed by atoms with E-state index in [9.17, 15) is 0 Å². The van der Waals surface area contributed by atoms with Crippen molar-refractivity contribution in [3.63, 3.8) is 0 Å². The summed E-state index contributed by atoms with van der Waals surface area (Å²) in [6.45, 7) is 0. The number of hydrazine groups is 3. The summed E-state index contributed by atoms with van der Waals surface area (Å²) >= 11 is 0. The number of rotatable bonds is 0. The maximum atomic E-state index is 5.25. The first-order chi connectivity index (χ1) is 3.79. The van der Waals surface area contributed by atoms with Crippen molar-refractivity contribution in [3.8, 4) is 0 Å². The molecule has 4 radical (unpaired) electrons. The van der Waals surface area contributed by atoms with Crippen LogP contribution in [0.15, 0.2) is 0 Å². The molecule has 1 heterocycles. The summed E-state index contributed by atoms with van der Waals surface area (Å²) < 4.78 is 0. The fourth-order valence-electron chi connectivity index (χ4n) is 0.489. The number of nitrogens with two attached hydrogens (primary N) is 1. The fourth-order valence-corrected chi connectivity index (χ4v) is 0.489. The molecule has 1 saturated heterocycles. The molecule has 4 nitrogen and oxygen atoms in total. The summed E-state index contributed by atoms with van der Waals surface area (Å²) in [6.07, 6.45) is 0.764. The first-order valence-corrected chi connectivity index (χ1v) is 2.30. The van der Waals surface area contributed by atoms with Gasteiger partial charge in [-0.1, -0.05) is 6.22 Å². The molecule has 0 unspecified atom stereocenters. The van der Waals surface area contributed by atoms with E-state index in [2.05, 4.69) is 5.53 Å². The van der Waals surface area contributed by atoms with E-state index in [0.717, 1.165) is 6.22 Å². The summed E-state index contributed by atoms with van der Waals surface area (Å²) in [5.41, 5.74) is 2.59. The van der Waals surface area contributed by atoms with Crippen LogP contribution in [-0.4, -0.2) is 32.7 Å². The Bertz CT molecular complexity index is 69.7. The molecule has 0 aromatic heterocycles. The molecule has 1 aliphatic heterocycles. The van der Waals surface area contributed by atoms with Crippen LogP contribution in [0.5, 0.6) is 0 Å². The second-order valence-electron chi connectivity index (χ2n) is 1.52. The molecule has 0 bridgehead atoms. The lowest BCUT2D eigenvalue weighted by molar-refractivity contribution is 0.236. The predicted octanol–water partition coefficient (Wildman–Crippen LogP) is -2.41. The van der Waals surface area contributed by atoms with Crippen LogP contribution in [0.25, 0.3) is 0 Å². The highest BCUT2D eigenvalue weighted by Crippen LogP contribution is 1.86. The van der Waals surface area contributed by atoms with E-state index in [-0.39, 0.29) is 0 Å². The van der Waals surface area contributed by atoms with Gasteiger partial charge in [0, 0.05) is 0 Å². The van der Waals surface area contributed by atoms with Crippen molar-refractivity contribution < 1.29 is 0 Å². The molecule has 1 fully saturated rings. The van der Waals surface area contributed by atoms with E-state index >= 15 is 0 Å². The van der Waals surface area contributed by atoms with E-state index in [1.165, 1.54) is 9.86 Å². The van der Waals surface area contributed by atoms with Crippen LogP contribution in [0.2, 0.25) is 6.22 Å². The molecule has 0 aromatic carbocycles. The molecule has 38 valence electrons. The van der Waals surface area contributed by atoms with Crippen molar-refractivity contribution in [1.82, 2.24) is 15.4 Å². The minimum atomic E-state index is 0.764. The van der Waals surface area contributed by atoms with Crippen LogP contribution >= 0.6 is 0 Å². The summed E-state index contributed by atoms with van der Waals surface area (Å²) in [5.74, 6) is 5.25. The smallest absolute Gasteiger partial charge is 0.247 e. The summed E-state index contributed by atoms with van der Waals surface area (Å²) in [5, 5.41) is 1.31. The summed E-state index contributed by atoms with van der Waals surface area (Å²) in [7, 11) is 8.78. The topological polar surface area (TPSA) is 44.5 Å². The molecule has 0 spiro atoms. The normalized spacial score (nSPS) is 24.1. The van der Waals surface area contributed by atoms with Crippen LogP contribution in [0, 0.1) is 0 Å². The molecular weight excluding hydrogens is 100 g/mol. The standard InChI is InChI=1S/CH5B3N4/c2-7-3-1-4-8(5)6-7/h6H,1,5H2. The Morgan fingerprint density at radius 2 is 2.38 bits per heavy atom. The van der Waals surface area contributed by atoms with Gasteiger partial charge in [0.25, 0.3) is 0 Å². The van der Waals surface area contributed by atoms with Gasteiger partial charge in [0.1, 0.15) is 0 Å². The molecule has 0 aliphatic carbocycles. The minimum Gasteiger partial charge on any atom is -0.325 e. The van der Waals surface area contributed by atoms with Gasteiger partial charge in [-0.05, 0) is 0 Å². The molecule has 1 rings (SSSR count). The lowest BCUT2D eigenvalue weighted by Gasteiger charge is -2.30. The largest absolute Gasteiger partial charge is 0.325 e. The average Bonchev–Trinajstić information content (AvgIpc) is 1.64. The van der Waals surface area contributed by atoms with Gasteiger partial charge in [-0.25, -0.2) is 10.6 Å². The average molecular weight is 106 g/mol. The zero-order valence-electron chi connectivity index (χ0n) is 4.41. The highest BCUT2D eigenvalue weighted by molar-refractivity contribution is 6.56. The number of nitrogens with zero attached hydrogens (tertiary/aromatic N) is 2. The summed E-state index contributed by atoms with van der Waals surface area (Å²) in [4.78, 5) is 1.31. The lowest BCUT2D eigenvalue weighted by Crippen LogP contribution is -2.59. The monoisotopic (exact) mass is 106 g/mol. The van der Waals surface area contributed by atoms with E-state index in [4.69, 9.17) is 13.8 Å². The van der Waals surface area contributed by atoms with Gasteiger partial charge < -0.3 is 4.83 Å². The number of hydrogen-bond acceptors (Lipinski definition) is 4. The molecule has 3 N–H and O–H groups in total. The lowest BCUT2D eigenvalue weighted by atomic mass is 9.66. The Labute approximate surface area is 51.2 Å². The number of nitrogens with one attached hydrogen (secondary N) is 1. The van der Waals surface area contributed by atoms with Crippen molar-refractivity contribution >= 4 is 22.8 Å². The van der Waals surface area contributed by atoms with Crippen LogP contribution in [-0.2, 0) is 0 Å². The van der Waals surface area contributed by atoms with Crippen molar-refractivity contribution in [2.75, 3.05) is 0 Å². The van der Waals surface area contributed by atoms with E-state index in [1.54, 1.807) is 14.8 Å². The third-order valence-electron chi connectivity index (χ3n) is 0.835. The SMILES string of the molecule is [B]N1[B]C[B]N(N)N1. The van der Waals surface area contributed by atoms with Gasteiger partial charge in [-0.3, -0.25) is 5.84 Å². The molecule has 0 atom stereocenters. The summed E-state index contributed by atoms with van der Waals surface area (Å²) in [6, 6.07) is 0. The first kappa shape index (κ1) is 6.16. The zero-order chi connectivity index (χ0) is 5.98. The highest BCUT2D eigenvalue weighted by atomic mass is 15.8. The van der Waals surface area contributed by atoms with Gasteiger partial charge in [-0.2, -0.15) is 0 Å². The molecule has 7 heteroatoms. The molecule has 0 saturated carbocycles. The molecular formula is CH5B3N4. The Hall–Kier alpha value is 0.0348. The predicted molar refractivity (Wildman–Crippen MR) is 33.1 cm³/mol. The zero-order valence-corrected chi connectivity index (χ0v) is 4.41. The maximum absolute atomic E-state index is 5.25. The van der Waals surface area contributed by atoms with E-state index in [0.29, 0.717) is 0 Å². The second-order valence-corrected chi connectivity index (χ2v) is 1.52. The van der Waals surface area contributed by atoms with Gasteiger partial charge >= 0.3 is 0 Å². The van der Waals surface area contributed by atoms with Crippen LogP contribution < -0.4 is 11.4 Å². The quantitative estimate of drug-likeness (QED) is 0.266. The Balaban J connectivity index is 2.23. The van der Waals surface area contributed by atoms with Gasteiger partial charge in [0.05, 0.1) is 0 Å². The van der Waals surface area contributed by atoms with Crippen LogP contribution in [0.1, 0.15) is 0 Å². The van der Waals surface area contributed by atoms with Crippen molar-refractivity contribution in [1.29, 1.82) is 0 Å². The fraction of sp³-hybridized carbons (Fsp3) is 1.00. The van der Waals surface area contributed by atoms with Crippen LogP contribution in [0.3, 0.4) is 0 Å². The number of hydrogen-bond donors (Lipinski definition) is 2. The first-order valence-electron chi connectivity index (χ1n) is 2.30. The van der Waals surface area contributed by atoms with Gasteiger partial charge in [-0.15, -0.1) is 0 Å². The molecule has 1 aliphatic rings. The second kappa shape index (κ2) is 2.54. The third-order valence-corrected chi connectivity index (χ3v) is 0.835. The van der Waals surface area contributed by atoms with Gasteiger partial charge in [0.15, 0.2) is 7.98 Å². The maximum Gasteiger partial charge on any atom is 0.247 e. The molecule has 8 heavy (non-hydrogen) atoms. The third kappa shape index (κ3) is 1.52. The Morgan fingerprint density at radius 3 is 2.75 bits per heavy atom. The van der Waals surface area contributed by atoms with Gasteiger partial charge in [0.2, 0.25) is 14.8 Å². The Kier molecular flexibility index (Phi) is 1.96. The van der Waals surface area contributed by atoms with Crippen LogP contribution in [0.4, 0.5) is 0 Å². The van der Waals surface area contributed by atoms with Crippen molar-refractivity contribution in [2.45, 2.75) is 6.22 Å². The van der Waals surface area contributed by atoms with Crippen molar-refractivity contribution in [2.24, 2.45) is 5.84 Å². The highest BCUT2D eigenvalue weighted by Gasteiger charge is 2.11.